The minimum absolute atomic E-state index is 0.354. The van der Waals surface area contributed by atoms with Gasteiger partial charge in [0.15, 0.2) is 0 Å². The van der Waals surface area contributed by atoms with E-state index in [1.165, 1.54) is 12.1 Å². The fraction of sp³-hybridized carbons (Fsp3) is 0.267. The minimum atomic E-state index is -0.579. The van der Waals surface area contributed by atoms with Crippen LogP contribution in [0.2, 0.25) is 0 Å². The number of rotatable bonds is 2. The zero-order valence-electron chi connectivity index (χ0n) is 10.9. The first-order valence-electron chi connectivity index (χ1n) is 6.48. The first-order valence-corrected chi connectivity index (χ1v) is 6.48. The summed E-state index contributed by atoms with van der Waals surface area (Å²) < 4.78 is 31.9. The van der Waals surface area contributed by atoms with E-state index in [0.717, 1.165) is 25.0 Å². The summed E-state index contributed by atoms with van der Waals surface area (Å²) in [6.45, 7) is 2.99. The Bertz CT molecular complexity index is 595. The first kappa shape index (κ1) is 13.0. The van der Waals surface area contributed by atoms with Crippen LogP contribution in [-0.4, -0.2) is 31.3 Å². The Morgan fingerprint density at radius 3 is 2.50 bits per heavy atom. The number of morpholine rings is 1. The van der Waals surface area contributed by atoms with E-state index in [1.807, 2.05) is 6.07 Å². The lowest BCUT2D eigenvalue weighted by atomic mass is 10.1. The fourth-order valence-corrected chi connectivity index (χ4v) is 2.25. The topological polar surface area (TPSA) is 25.4 Å². The molecule has 0 atom stereocenters. The van der Waals surface area contributed by atoms with Gasteiger partial charge in [-0.3, -0.25) is 0 Å². The molecule has 0 N–H and O–H groups in total. The smallest absolute Gasteiger partial charge is 0.133 e. The summed E-state index contributed by atoms with van der Waals surface area (Å²) in [7, 11) is 0. The molecule has 2 heterocycles. The lowest BCUT2D eigenvalue weighted by Crippen LogP contribution is -2.36. The second-order valence-corrected chi connectivity index (χ2v) is 4.63. The molecule has 1 aromatic heterocycles. The molecule has 0 amide bonds. The Morgan fingerprint density at radius 2 is 1.85 bits per heavy atom. The van der Waals surface area contributed by atoms with Crippen LogP contribution in [0, 0.1) is 11.6 Å². The molecular weight excluding hydrogens is 262 g/mol. The predicted octanol–water partition coefficient (Wildman–Crippen LogP) is 2.86. The van der Waals surface area contributed by atoms with Crippen LogP contribution in [0.1, 0.15) is 0 Å². The van der Waals surface area contributed by atoms with Crippen LogP contribution < -0.4 is 4.90 Å². The highest BCUT2D eigenvalue weighted by molar-refractivity contribution is 5.64. The van der Waals surface area contributed by atoms with E-state index in [9.17, 15) is 8.78 Å². The van der Waals surface area contributed by atoms with Gasteiger partial charge in [0.2, 0.25) is 0 Å². The van der Waals surface area contributed by atoms with E-state index in [-0.39, 0.29) is 0 Å². The molecule has 1 aliphatic rings. The average molecular weight is 276 g/mol. The molecule has 0 bridgehead atoms. The van der Waals surface area contributed by atoms with Crippen LogP contribution in [0.15, 0.2) is 36.5 Å². The van der Waals surface area contributed by atoms with Gasteiger partial charge >= 0.3 is 0 Å². The molecule has 3 rings (SSSR count). The Labute approximate surface area is 115 Å². The summed E-state index contributed by atoms with van der Waals surface area (Å²) in [4.78, 5) is 6.47. The van der Waals surface area contributed by atoms with Gasteiger partial charge in [-0.05, 0) is 24.3 Å². The van der Waals surface area contributed by atoms with Crippen molar-refractivity contribution in [3.8, 4) is 11.1 Å². The number of benzene rings is 1. The fourth-order valence-electron chi connectivity index (χ4n) is 2.25. The molecular formula is C15H14F2N2O. The van der Waals surface area contributed by atoms with E-state index >= 15 is 0 Å². The van der Waals surface area contributed by atoms with Crippen LogP contribution in [0.3, 0.4) is 0 Å². The van der Waals surface area contributed by atoms with Gasteiger partial charge in [0.1, 0.15) is 17.5 Å². The summed E-state index contributed by atoms with van der Waals surface area (Å²) in [5.41, 5.74) is 0.993. The van der Waals surface area contributed by atoms with Crippen molar-refractivity contribution in [3.05, 3.63) is 48.2 Å². The van der Waals surface area contributed by atoms with Crippen LogP contribution in [0.25, 0.3) is 11.1 Å². The van der Waals surface area contributed by atoms with Crippen LogP contribution in [-0.2, 0) is 4.74 Å². The van der Waals surface area contributed by atoms with Crippen molar-refractivity contribution < 1.29 is 13.5 Å². The van der Waals surface area contributed by atoms with Gasteiger partial charge in [-0.15, -0.1) is 0 Å². The van der Waals surface area contributed by atoms with Gasteiger partial charge in [-0.2, -0.15) is 0 Å². The lowest BCUT2D eigenvalue weighted by molar-refractivity contribution is 0.122. The van der Waals surface area contributed by atoms with Gasteiger partial charge in [0, 0.05) is 36.5 Å². The SMILES string of the molecule is Fc1ccc(-c2ccc(N3CCOCC3)nc2)c(F)c1. The Kier molecular flexibility index (Phi) is 3.60. The molecule has 5 heteroatoms. The number of aromatic nitrogens is 1. The van der Waals surface area contributed by atoms with Crippen molar-refractivity contribution in [1.82, 2.24) is 4.98 Å². The molecule has 2 aromatic rings. The molecule has 0 unspecified atom stereocenters. The molecule has 0 radical (unpaired) electrons. The highest BCUT2D eigenvalue weighted by Crippen LogP contribution is 2.24. The summed E-state index contributed by atoms with van der Waals surface area (Å²) in [5, 5.41) is 0. The Balaban J connectivity index is 1.85. The maximum absolute atomic E-state index is 13.7. The highest BCUT2D eigenvalue weighted by atomic mass is 19.1. The average Bonchev–Trinajstić information content (AvgIpc) is 2.48. The third-order valence-corrected chi connectivity index (χ3v) is 3.33. The maximum atomic E-state index is 13.7. The number of nitrogens with zero attached hydrogens (tertiary/aromatic N) is 2. The van der Waals surface area contributed by atoms with E-state index in [4.69, 9.17) is 4.74 Å². The van der Waals surface area contributed by atoms with Gasteiger partial charge < -0.3 is 9.64 Å². The van der Waals surface area contributed by atoms with Crippen molar-refractivity contribution in [3.63, 3.8) is 0 Å². The van der Waals surface area contributed by atoms with Crippen molar-refractivity contribution >= 4 is 5.82 Å². The van der Waals surface area contributed by atoms with Gasteiger partial charge in [-0.25, -0.2) is 13.8 Å². The summed E-state index contributed by atoms with van der Waals surface area (Å²) in [5.74, 6) is -0.311. The van der Waals surface area contributed by atoms with E-state index < -0.39 is 11.6 Å². The van der Waals surface area contributed by atoms with Crippen molar-refractivity contribution in [1.29, 1.82) is 0 Å². The molecule has 1 aliphatic heterocycles. The molecule has 1 saturated heterocycles. The van der Waals surface area contributed by atoms with Crippen molar-refractivity contribution in [2.24, 2.45) is 0 Å². The van der Waals surface area contributed by atoms with E-state index in [0.29, 0.717) is 24.3 Å². The van der Waals surface area contributed by atoms with Gasteiger partial charge in [0.25, 0.3) is 0 Å². The second-order valence-electron chi connectivity index (χ2n) is 4.63. The quantitative estimate of drug-likeness (QED) is 0.843. The predicted molar refractivity (Wildman–Crippen MR) is 72.6 cm³/mol. The monoisotopic (exact) mass is 276 g/mol. The number of hydrogen-bond acceptors (Lipinski definition) is 3. The van der Waals surface area contributed by atoms with E-state index in [2.05, 4.69) is 9.88 Å². The van der Waals surface area contributed by atoms with Gasteiger partial charge in [-0.1, -0.05) is 0 Å². The number of hydrogen-bond donors (Lipinski definition) is 0. The van der Waals surface area contributed by atoms with Crippen molar-refractivity contribution in [2.45, 2.75) is 0 Å². The Morgan fingerprint density at radius 1 is 1.05 bits per heavy atom. The normalized spacial score (nSPS) is 15.4. The molecule has 20 heavy (non-hydrogen) atoms. The van der Waals surface area contributed by atoms with Gasteiger partial charge in [0.05, 0.1) is 13.2 Å². The Hall–Kier alpha value is -2.01. The largest absolute Gasteiger partial charge is 0.378 e. The minimum Gasteiger partial charge on any atom is -0.378 e. The third kappa shape index (κ3) is 2.63. The summed E-state index contributed by atoms with van der Waals surface area (Å²) >= 11 is 0. The molecule has 1 aromatic carbocycles. The van der Waals surface area contributed by atoms with Crippen LogP contribution in [0.5, 0.6) is 0 Å². The third-order valence-electron chi connectivity index (χ3n) is 3.33. The molecule has 3 nitrogen and oxygen atoms in total. The number of pyridine rings is 1. The molecule has 0 aliphatic carbocycles. The standard InChI is InChI=1S/C15H14F2N2O/c16-12-2-3-13(14(17)9-12)11-1-4-15(18-10-11)19-5-7-20-8-6-19/h1-4,9-10H,5-8H2. The number of halogens is 2. The molecule has 0 saturated carbocycles. The molecule has 104 valence electrons. The summed E-state index contributed by atoms with van der Waals surface area (Å²) in [6, 6.07) is 7.20. The second kappa shape index (κ2) is 5.54. The zero-order valence-corrected chi connectivity index (χ0v) is 10.9. The van der Waals surface area contributed by atoms with Crippen molar-refractivity contribution in [2.75, 3.05) is 31.2 Å². The van der Waals surface area contributed by atoms with E-state index in [1.54, 1.807) is 12.3 Å². The highest BCUT2D eigenvalue weighted by Gasteiger charge is 2.13. The number of ether oxygens (including phenoxy) is 1. The molecule has 1 fully saturated rings. The molecule has 0 spiro atoms. The zero-order chi connectivity index (χ0) is 13.9. The number of anilines is 1. The summed E-state index contributed by atoms with van der Waals surface area (Å²) in [6.07, 6.45) is 1.61. The van der Waals surface area contributed by atoms with Crippen LogP contribution >= 0.6 is 0 Å². The lowest BCUT2D eigenvalue weighted by Gasteiger charge is -2.27. The first-order chi connectivity index (χ1) is 9.74. The van der Waals surface area contributed by atoms with Crippen LogP contribution in [0.4, 0.5) is 14.6 Å². The maximum Gasteiger partial charge on any atom is 0.133 e.